The summed E-state index contributed by atoms with van der Waals surface area (Å²) in [5.41, 5.74) is 1.11. The largest absolute Gasteiger partial charge is 0.393 e. The fraction of sp³-hybridized carbons (Fsp3) is 0.778. The SMILES string of the molecule is CC.Cc1cnc(N2CCC(CN3CCC(O)CC3)CC2)nc1. The lowest BCUT2D eigenvalue weighted by atomic mass is 9.95. The van der Waals surface area contributed by atoms with Gasteiger partial charge in [-0.05, 0) is 44.1 Å². The molecule has 0 aromatic carbocycles. The fourth-order valence-corrected chi connectivity index (χ4v) is 3.33. The molecular formula is C18H32N4O. The molecule has 2 aliphatic heterocycles. The third-order valence-electron chi connectivity index (χ3n) is 4.74. The highest BCUT2D eigenvalue weighted by atomic mass is 16.3. The molecule has 5 heteroatoms. The van der Waals surface area contributed by atoms with E-state index in [1.54, 1.807) is 0 Å². The van der Waals surface area contributed by atoms with Crippen LogP contribution in [0.5, 0.6) is 0 Å². The van der Waals surface area contributed by atoms with E-state index >= 15 is 0 Å². The number of aryl methyl sites for hydroxylation is 1. The average molecular weight is 320 g/mol. The smallest absolute Gasteiger partial charge is 0.225 e. The van der Waals surface area contributed by atoms with Crippen molar-refractivity contribution in [1.29, 1.82) is 0 Å². The number of aliphatic hydroxyl groups is 1. The van der Waals surface area contributed by atoms with Gasteiger partial charge in [-0.1, -0.05) is 13.8 Å². The molecule has 3 heterocycles. The molecule has 1 N–H and O–H groups in total. The molecule has 1 aromatic heterocycles. The first-order chi connectivity index (χ1) is 11.2. The van der Waals surface area contributed by atoms with E-state index in [9.17, 15) is 5.11 Å². The van der Waals surface area contributed by atoms with Gasteiger partial charge in [-0.2, -0.15) is 0 Å². The molecule has 0 amide bonds. The Labute approximate surface area is 140 Å². The number of piperidine rings is 2. The predicted octanol–water partition coefficient (Wildman–Crippen LogP) is 2.48. The summed E-state index contributed by atoms with van der Waals surface area (Å²) >= 11 is 0. The van der Waals surface area contributed by atoms with Crippen molar-refractivity contribution in [3.05, 3.63) is 18.0 Å². The fourth-order valence-electron chi connectivity index (χ4n) is 3.33. The maximum Gasteiger partial charge on any atom is 0.225 e. The van der Waals surface area contributed by atoms with Gasteiger partial charge in [0.1, 0.15) is 0 Å². The zero-order valence-electron chi connectivity index (χ0n) is 14.9. The van der Waals surface area contributed by atoms with Crippen molar-refractivity contribution in [1.82, 2.24) is 14.9 Å². The third-order valence-corrected chi connectivity index (χ3v) is 4.74. The Bertz CT molecular complexity index is 435. The second-order valence-corrected chi connectivity index (χ2v) is 6.52. The Kier molecular flexibility index (Phi) is 7.24. The number of anilines is 1. The van der Waals surface area contributed by atoms with Crippen molar-refractivity contribution in [3.63, 3.8) is 0 Å². The van der Waals surface area contributed by atoms with Gasteiger partial charge in [-0.15, -0.1) is 0 Å². The van der Waals surface area contributed by atoms with Crippen LogP contribution in [-0.2, 0) is 0 Å². The number of aromatic nitrogens is 2. The highest BCUT2D eigenvalue weighted by Crippen LogP contribution is 2.22. The van der Waals surface area contributed by atoms with Crippen LogP contribution in [0.2, 0.25) is 0 Å². The summed E-state index contributed by atoms with van der Waals surface area (Å²) in [4.78, 5) is 13.7. The van der Waals surface area contributed by atoms with Gasteiger partial charge in [0.2, 0.25) is 5.95 Å². The van der Waals surface area contributed by atoms with Gasteiger partial charge in [-0.3, -0.25) is 0 Å². The van der Waals surface area contributed by atoms with E-state index in [0.29, 0.717) is 0 Å². The van der Waals surface area contributed by atoms with Gasteiger partial charge in [0.05, 0.1) is 6.10 Å². The first kappa shape index (κ1) is 18.1. The molecule has 0 bridgehead atoms. The Morgan fingerprint density at radius 3 is 2.13 bits per heavy atom. The van der Waals surface area contributed by atoms with Crippen LogP contribution in [0.15, 0.2) is 12.4 Å². The van der Waals surface area contributed by atoms with Gasteiger partial charge in [-0.25, -0.2) is 9.97 Å². The summed E-state index contributed by atoms with van der Waals surface area (Å²) in [6.45, 7) is 11.4. The Morgan fingerprint density at radius 2 is 1.57 bits per heavy atom. The van der Waals surface area contributed by atoms with Crippen LogP contribution in [0, 0.1) is 12.8 Å². The highest BCUT2D eigenvalue weighted by molar-refractivity contribution is 5.30. The molecule has 2 fully saturated rings. The summed E-state index contributed by atoms with van der Waals surface area (Å²) in [5.74, 6) is 1.65. The van der Waals surface area contributed by atoms with E-state index < -0.39 is 0 Å². The minimum atomic E-state index is -0.0678. The van der Waals surface area contributed by atoms with Crippen LogP contribution >= 0.6 is 0 Å². The third kappa shape index (κ3) is 5.43. The van der Waals surface area contributed by atoms with Crippen molar-refractivity contribution >= 4 is 5.95 Å². The van der Waals surface area contributed by atoms with Crippen molar-refractivity contribution in [2.24, 2.45) is 5.92 Å². The Balaban J connectivity index is 0.000000924. The number of aliphatic hydroxyl groups excluding tert-OH is 1. The highest BCUT2D eigenvalue weighted by Gasteiger charge is 2.24. The van der Waals surface area contributed by atoms with E-state index in [0.717, 1.165) is 56.5 Å². The Morgan fingerprint density at radius 1 is 1.00 bits per heavy atom. The maximum atomic E-state index is 9.57. The number of hydrogen-bond acceptors (Lipinski definition) is 5. The summed E-state index contributed by atoms with van der Waals surface area (Å²) in [6.07, 6.45) is 8.04. The second-order valence-electron chi connectivity index (χ2n) is 6.52. The average Bonchev–Trinajstić information content (AvgIpc) is 2.60. The lowest BCUT2D eigenvalue weighted by molar-refractivity contribution is 0.0723. The normalized spacial score (nSPS) is 21.0. The summed E-state index contributed by atoms with van der Waals surface area (Å²) in [7, 11) is 0. The summed E-state index contributed by atoms with van der Waals surface area (Å²) < 4.78 is 0. The molecular weight excluding hydrogens is 288 g/mol. The van der Waals surface area contributed by atoms with Gasteiger partial charge in [0.15, 0.2) is 0 Å². The minimum absolute atomic E-state index is 0.0678. The van der Waals surface area contributed by atoms with Crippen molar-refractivity contribution in [2.45, 2.75) is 52.6 Å². The van der Waals surface area contributed by atoms with Gasteiger partial charge in [0, 0.05) is 45.1 Å². The van der Waals surface area contributed by atoms with Crippen molar-refractivity contribution in [3.8, 4) is 0 Å². The summed E-state index contributed by atoms with van der Waals surface area (Å²) in [5, 5.41) is 9.57. The zero-order valence-corrected chi connectivity index (χ0v) is 14.9. The number of likely N-dealkylation sites (tertiary alicyclic amines) is 1. The molecule has 0 spiro atoms. The lowest BCUT2D eigenvalue weighted by Crippen LogP contribution is -2.42. The molecule has 2 saturated heterocycles. The number of nitrogens with zero attached hydrogens (tertiary/aromatic N) is 4. The van der Waals surface area contributed by atoms with E-state index in [4.69, 9.17) is 0 Å². The topological polar surface area (TPSA) is 52.5 Å². The molecule has 23 heavy (non-hydrogen) atoms. The zero-order chi connectivity index (χ0) is 16.7. The van der Waals surface area contributed by atoms with Gasteiger partial charge < -0.3 is 14.9 Å². The van der Waals surface area contributed by atoms with Gasteiger partial charge >= 0.3 is 0 Å². The van der Waals surface area contributed by atoms with E-state index in [2.05, 4.69) is 19.8 Å². The molecule has 0 saturated carbocycles. The second kappa shape index (κ2) is 9.18. The predicted molar refractivity (Wildman–Crippen MR) is 94.7 cm³/mol. The van der Waals surface area contributed by atoms with Crippen molar-refractivity contribution < 1.29 is 5.11 Å². The van der Waals surface area contributed by atoms with E-state index in [1.807, 2.05) is 33.2 Å². The molecule has 0 aliphatic carbocycles. The standard InChI is InChI=1S/C16H26N4O.C2H6/c1-13-10-17-16(18-11-13)20-8-2-14(3-9-20)12-19-6-4-15(21)5-7-19;1-2/h10-11,14-15,21H,2-9,12H2,1H3;1-2H3. The number of rotatable bonds is 3. The molecule has 0 radical (unpaired) electrons. The lowest BCUT2D eigenvalue weighted by Gasteiger charge is -2.36. The van der Waals surface area contributed by atoms with Crippen LogP contribution in [-0.4, -0.2) is 58.8 Å². The van der Waals surface area contributed by atoms with E-state index in [1.165, 1.54) is 19.4 Å². The first-order valence-electron chi connectivity index (χ1n) is 9.15. The first-order valence-corrected chi connectivity index (χ1v) is 9.15. The number of hydrogen-bond donors (Lipinski definition) is 1. The van der Waals surface area contributed by atoms with Crippen LogP contribution in [0.25, 0.3) is 0 Å². The quantitative estimate of drug-likeness (QED) is 0.927. The molecule has 2 aliphatic rings. The summed E-state index contributed by atoms with van der Waals surface area (Å²) in [6, 6.07) is 0. The molecule has 3 rings (SSSR count). The van der Waals surface area contributed by atoms with E-state index in [-0.39, 0.29) is 6.10 Å². The molecule has 130 valence electrons. The molecule has 0 atom stereocenters. The van der Waals surface area contributed by atoms with Crippen LogP contribution in [0.1, 0.15) is 45.1 Å². The van der Waals surface area contributed by atoms with Crippen LogP contribution < -0.4 is 4.90 Å². The molecule has 5 nitrogen and oxygen atoms in total. The van der Waals surface area contributed by atoms with Gasteiger partial charge in [0.25, 0.3) is 0 Å². The molecule has 1 aromatic rings. The van der Waals surface area contributed by atoms with Crippen LogP contribution in [0.4, 0.5) is 5.95 Å². The Hall–Kier alpha value is -1.20. The maximum absolute atomic E-state index is 9.57. The minimum Gasteiger partial charge on any atom is -0.393 e. The molecule has 0 unspecified atom stereocenters. The van der Waals surface area contributed by atoms with Crippen molar-refractivity contribution in [2.75, 3.05) is 37.6 Å². The van der Waals surface area contributed by atoms with Crippen LogP contribution in [0.3, 0.4) is 0 Å². The monoisotopic (exact) mass is 320 g/mol.